The Morgan fingerprint density at radius 3 is 2.42 bits per heavy atom. The van der Waals surface area contributed by atoms with Crippen LogP contribution in [0, 0.1) is 0 Å². The van der Waals surface area contributed by atoms with Crippen LogP contribution in [-0.2, 0) is 0 Å². The maximum Gasteiger partial charge on any atom is 0.289 e. The summed E-state index contributed by atoms with van der Waals surface area (Å²) in [5.41, 5.74) is 0.213. The fraction of sp³-hybridized carbons (Fsp3) is 0.600. The van der Waals surface area contributed by atoms with E-state index in [0.29, 0.717) is 31.9 Å². The number of aliphatic hydroxyl groups excluding tert-OH is 1. The predicted molar refractivity (Wildman–Crippen MR) is 91.0 cm³/mol. The second-order valence-corrected chi connectivity index (χ2v) is 5.69. The second-order valence-electron chi connectivity index (χ2n) is 5.31. The average molecular weight is 387 g/mol. The van der Waals surface area contributed by atoms with Crippen molar-refractivity contribution in [1.82, 2.24) is 10.2 Å². The standard InChI is InChI=1S/C15H21ClF2N2O3.ClH/c1-22-11-4-3-10(12(16)13(11)23-2)14(15(17,18)9-21)20-7-5-19-6-8-20;/h3-4,14,19,21H,5-9H2,1-2H3;1H/t14-;/m0./s1. The van der Waals surface area contributed by atoms with Crippen molar-refractivity contribution >= 4 is 24.0 Å². The molecule has 9 heteroatoms. The lowest BCUT2D eigenvalue weighted by Crippen LogP contribution is -2.51. The van der Waals surface area contributed by atoms with Crippen molar-refractivity contribution in [3.8, 4) is 11.5 Å². The molecule has 1 atom stereocenters. The molecule has 1 aromatic rings. The lowest BCUT2D eigenvalue weighted by molar-refractivity contribution is -0.118. The predicted octanol–water partition coefficient (Wildman–Crippen LogP) is 2.35. The summed E-state index contributed by atoms with van der Waals surface area (Å²) in [5.74, 6) is -2.76. The third kappa shape index (κ3) is 4.21. The first-order valence-corrected chi connectivity index (χ1v) is 7.68. The molecule has 1 fully saturated rings. The van der Waals surface area contributed by atoms with Crippen LogP contribution in [0.1, 0.15) is 11.6 Å². The van der Waals surface area contributed by atoms with E-state index in [0.717, 1.165) is 0 Å². The van der Waals surface area contributed by atoms with Gasteiger partial charge in [-0.1, -0.05) is 17.7 Å². The van der Waals surface area contributed by atoms with Crippen LogP contribution in [0.2, 0.25) is 5.02 Å². The highest BCUT2D eigenvalue weighted by Gasteiger charge is 2.45. The van der Waals surface area contributed by atoms with E-state index in [1.54, 1.807) is 11.0 Å². The summed E-state index contributed by atoms with van der Waals surface area (Å²) in [5, 5.41) is 12.4. The minimum atomic E-state index is -3.33. The highest BCUT2D eigenvalue weighted by molar-refractivity contribution is 6.33. The van der Waals surface area contributed by atoms with Gasteiger partial charge in [-0.25, -0.2) is 8.78 Å². The fourth-order valence-corrected chi connectivity index (χ4v) is 3.17. The Labute approximate surface area is 151 Å². The molecule has 0 aromatic heterocycles. The summed E-state index contributed by atoms with van der Waals surface area (Å²) < 4.78 is 39.2. The molecular formula is C15H22Cl2F2N2O3. The zero-order valence-electron chi connectivity index (χ0n) is 13.5. The number of alkyl halides is 2. The molecule has 1 saturated heterocycles. The number of aliphatic hydroxyl groups is 1. The van der Waals surface area contributed by atoms with E-state index < -0.39 is 18.6 Å². The minimum Gasteiger partial charge on any atom is -0.493 e. The molecule has 24 heavy (non-hydrogen) atoms. The van der Waals surface area contributed by atoms with Crippen LogP contribution in [0.15, 0.2) is 12.1 Å². The second kappa shape index (κ2) is 9.01. The largest absolute Gasteiger partial charge is 0.493 e. The van der Waals surface area contributed by atoms with E-state index >= 15 is 0 Å². The van der Waals surface area contributed by atoms with Gasteiger partial charge in [-0.3, -0.25) is 4.90 Å². The Balaban J connectivity index is 0.00000288. The van der Waals surface area contributed by atoms with Crippen LogP contribution in [0.25, 0.3) is 0 Å². The first-order valence-electron chi connectivity index (χ1n) is 7.30. The molecule has 0 saturated carbocycles. The first kappa shape index (κ1) is 21.2. The molecule has 1 aliphatic heterocycles. The summed E-state index contributed by atoms with van der Waals surface area (Å²) in [6.45, 7) is 0.813. The van der Waals surface area contributed by atoms with Crippen molar-refractivity contribution in [2.45, 2.75) is 12.0 Å². The van der Waals surface area contributed by atoms with Crippen molar-refractivity contribution in [2.75, 3.05) is 47.0 Å². The number of hydrogen-bond acceptors (Lipinski definition) is 5. The molecule has 0 aliphatic carbocycles. The van der Waals surface area contributed by atoms with Gasteiger partial charge < -0.3 is 19.9 Å². The molecule has 1 aliphatic rings. The summed E-state index contributed by atoms with van der Waals surface area (Å²) in [4.78, 5) is 1.62. The van der Waals surface area contributed by atoms with Gasteiger partial charge in [0.1, 0.15) is 12.6 Å². The lowest BCUT2D eigenvalue weighted by Gasteiger charge is -2.39. The number of benzene rings is 1. The Bertz CT molecular complexity index is 544. The van der Waals surface area contributed by atoms with Crippen molar-refractivity contribution in [1.29, 1.82) is 0 Å². The van der Waals surface area contributed by atoms with Gasteiger partial charge in [0.05, 0.1) is 19.2 Å². The summed E-state index contributed by atoms with van der Waals surface area (Å²) >= 11 is 6.31. The summed E-state index contributed by atoms with van der Waals surface area (Å²) in [6.07, 6.45) is 0. The van der Waals surface area contributed by atoms with Crippen LogP contribution in [0.3, 0.4) is 0 Å². The zero-order valence-corrected chi connectivity index (χ0v) is 15.1. The van der Waals surface area contributed by atoms with Crippen molar-refractivity contribution in [3.63, 3.8) is 0 Å². The topological polar surface area (TPSA) is 54.0 Å². The van der Waals surface area contributed by atoms with Gasteiger partial charge in [0.2, 0.25) is 0 Å². The molecule has 138 valence electrons. The Morgan fingerprint density at radius 2 is 1.92 bits per heavy atom. The van der Waals surface area contributed by atoms with Gasteiger partial charge in [-0.2, -0.15) is 0 Å². The van der Waals surface area contributed by atoms with Gasteiger partial charge in [-0.15, -0.1) is 12.4 Å². The molecular weight excluding hydrogens is 365 g/mol. The quantitative estimate of drug-likeness (QED) is 0.785. The van der Waals surface area contributed by atoms with Crippen molar-refractivity contribution in [2.24, 2.45) is 0 Å². The molecule has 0 bridgehead atoms. The molecule has 0 radical (unpaired) electrons. The third-order valence-corrected chi connectivity index (χ3v) is 4.33. The molecule has 0 unspecified atom stereocenters. The van der Waals surface area contributed by atoms with E-state index in [9.17, 15) is 13.9 Å². The van der Waals surface area contributed by atoms with E-state index in [2.05, 4.69) is 5.32 Å². The molecule has 0 amide bonds. The third-order valence-electron chi connectivity index (χ3n) is 3.94. The number of hydrogen-bond donors (Lipinski definition) is 2. The summed E-state index contributed by atoms with van der Waals surface area (Å²) in [7, 11) is 2.85. The maximum atomic E-state index is 14.4. The van der Waals surface area contributed by atoms with Crippen LogP contribution >= 0.6 is 24.0 Å². The molecule has 1 aromatic carbocycles. The highest BCUT2D eigenvalue weighted by atomic mass is 35.5. The Morgan fingerprint density at radius 1 is 1.29 bits per heavy atom. The van der Waals surface area contributed by atoms with Crippen molar-refractivity contribution < 1.29 is 23.4 Å². The smallest absolute Gasteiger partial charge is 0.289 e. The number of ether oxygens (including phenoxy) is 2. The van der Waals surface area contributed by atoms with Gasteiger partial charge in [0.15, 0.2) is 11.5 Å². The molecule has 2 rings (SSSR count). The zero-order chi connectivity index (χ0) is 17.0. The molecule has 2 N–H and O–H groups in total. The molecule has 5 nitrogen and oxygen atoms in total. The number of methoxy groups -OCH3 is 2. The Kier molecular flexibility index (Phi) is 7.95. The first-order chi connectivity index (χ1) is 11.0. The van der Waals surface area contributed by atoms with Gasteiger partial charge >= 0.3 is 0 Å². The van der Waals surface area contributed by atoms with Crippen molar-refractivity contribution in [3.05, 3.63) is 22.7 Å². The van der Waals surface area contributed by atoms with Crippen LogP contribution < -0.4 is 14.8 Å². The van der Waals surface area contributed by atoms with E-state index in [1.807, 2.05) is 0 Å². The molecule has 1 heterocycles. The fourth-order valence-electron chi connectivity index (χ4n) is 2.83. The van der Waals surface area contributed by atoms with Crippen LogP contribution in [-0.4, -0.2) is 62.9 Å². The normalized spacial score (nSPS) is 17.1. The Hall–Kier alpha value is -0.860. The monoisotopic (exact) mass is 386 g/mol. The molecule has 0 spiro atoms. The SMILES string of the molecule is COc1ccc([C@H](N2CCNCC2)C(F)(F)CO)c(Cl)c1OC.Cl. The number of rotatable bonds is 6. The minimum absolute atomic E-state index is 0. The van der Waals surface area contributed by atoms with Gasteiger partial charge in [0, 0.05) is 26.2 Å². The number of piperazine rings is 1. The number of nitrogens with one attached hydrogen (secondary N) is 1. The van der Waals surface area contributed by atoms with E-state index in [-0.39, 0.29) is 28.7 Å². The number of nitrogens with zero attached hydrogens (tertiary/aromatic N) is 1. The lowest BCUT2D eigenvalue weighted by atomic mass is 9.97. The average Bonchev–Trinajstić information content (AvgIpc) is 2.57. The van der Waals surface area contributed by atoms with E-state index in [1.165, 1.54) is 20.3 Å². The van der Waals surface area contributed by atoms with Gasteiger partial charge in [0.25, 0.3) is 5.92 Å². The van der Waals surface area contributed by atoms with E-state index in [4.69, 9.17) is 21.1 Å². The summed E-state index contributed by atoms with van der Waals surface area (Å²) in [6, 6.07) is 1.71. The number of halogens is 4. The van der Waals surface area contributed by atoms with Crippen LogP contribution in [0.5, 0.6) is 11.5 Å². The highest BCUT2D eigenvalue weighted by Crippen LogP contribution is 2.45. The van der Waals surface area contributed by atoms with Gasteiger partial charge in [-0.05, 0) is 11.6 Å². The maximum absolute atomic E-state index is 14.4. The van der Waals surface area contributed by atoms with Crippen LogP contribution in [0.4, 0.5) is 8.78 Å².